The Balaban J connectivity index is 2.81. The van der Waals surface area contributed by atoms with Crippen molar-refractivity contribution in [2.75, 3.05) is 0 Å². The Morgan fingerprint density at radius 2 is 2.25 bits per heavy atom. The third-order valence-electron chi connectivity index (χ3n) is 2.02. The molecule has 0 saturated heterocycles. The van der Waals surface area contributed by atoms with Crippen molar-refractivity contribution in [1.82, 2.24) is 4.98 Å². The first kappa shape index (κ1) is 7.10. The summed E-state index contributed by atoms with van der Waals surface area (Å²) in [6.07, 6.45) is 3.23. The smallest absolute Gasteiger partial charge is 0.0463 e. The molecule has 0 spiro atoms. The maximum atomic E-state index is 7.15. The molecular formula is C10H10N2. The zero-order valence-electron chi connectivity index (χ0n) is 6.89. The monoisotopic (exact) mass is 158 g/mol. The zero-order valence-corrected chi connectivity index (χ0v) is 6.89. The summed E-state index contributed by atoms with van der Waals surface area (Å²) in [6, 6.07) is 6.19. The van der Waals surface area contributed by atoms with Gasteiger partial charge in [-0.15, -0.1) is 0 Å². The van der Waals surface area contributed by atoms with Gasteiger partial charge in [0.1, 0.15) is 0 Å². The Labute approximate surface area is 70.7 Å². The van der Waals surface area contributed by atoms with Gasteiger partial charge < -0.3 is 10.4 Å². The molecule has 12 heavy (non-hydrogen) atoms. The van der Waals surface area contributed by atoms with Gasteiger partial charge in [0.15, 0.2) is 0 Å². The average Bonchev–Trinajstić information content (AvgIpc) is 2.46. The van der Waals surface area contributed by atoms with Crippen molar-refractivity contribution < 1.29 is 0 Å². The summed E-state index contributed by atoms with van der Waals surface area (Å²) in [5, 5.41) is 8.27. The summed E-state index contributed by atoms with van der Waals surface area (Å²) >= 11 is 0. The summed E-state index contributed by atoms with van der Waals surface area (Å²) in [4.78, 5) is 3.13. The van der Waals surface area contributed by atoms with Crippen molar-refractivity contribution >= 4 is 17.1 Å². The van der Waals surface area contributed by atoms with Gasteiger partial charge in [0.25, 0.3) is 0 Å². The first-order chi connectivity index (χ1) is 5.81. The number of H-pyrrole nitrogens is 1. The maximum absolute atomic E-state index is 7.15. The predicted molar refractivity (Wildman–Crippen MR) is 50.9 cm³/mol. The second-order valence-electron chi connectivity index (χ2n) is 2.94. The van der Waals surface area contributed by atoms with Crippen molar-refractivity contribution in [2.45, 2.75) is 6.92 Å². The van der Waals surface area contributed by atoms with Gasteiger partial charge in [-0.2, -0.15) is 0 Å². The summed E-state index contributed by atoms with van der Waals surface area (Å²) in [5.41, 5.74) is 3.29. The summed E-state index contributed by atoms with van der Waals surface area (Å²) in [7, 11) is 0. The number of aryl methyl sites for hydroxylation is 1. The number of benzene rings is 1. The van der Waals surface area contributed by atoms with E-state index < -0.39 is 0 Å². The molecule has 2 nitrogen and oxygen atoms in total. The fourth-order valence-corrected chi connectivity index (χ4v) is 1.38. The molecule has 0 amide bonds. The van der Waals surface area contributed by atoms with E-state index in [4.69, 9.17) is 5.41 Å². The molecule has 2 N–H and O–H groups in total. The molecule has 1 aromatic heterocycles. The Morgan fingerprint density at radius 3 is 3.00 bits per heavy atom. The number of rotatable bonds is 1. The van der Waals surface area contributed by atoms with Gasteiger partial charge in [-0.1, -0.05) is 12.1 Å². The van der Waals surface area contributed by atoms with E-state index in [0.29, 0.717) is 0 Å². The quantitative estimate of drug-likeness (QED) is 0.598. The number of aromatic nitrogens is 1. The molecule has 1 heterocycles. The highest BCUT2D eigenvalue weighted by molar-refractivity contribution is 5.98. The highest BCUT2D eigenvalue weighted by Gasteiger charge is 1.99. The highest BCUT2D eigenvalue weighted by Crippen LogP contribution is 2.17. The van der Waals surface area contributed by atoms with E-state index in [1.807, 2.05) is 12.3 Å². The molecule has 60 valence electrons. The van der Waals surface area contributed by atoms with Crippen LogP contribution in [-0.2, 0) is 0 Å². The minimum atomic E-state index is 0.949. The molecule has 1 aromatic carbocycles. The minimum Gasteiger partial charge on any atom is -0.361 e. The fourth-order valence-electron chi connectivity index (χ4n) is 1.38. The predicted octanol–water partition coefficient (Wildman–Crippen LogP) is 2.47. The van der Waals surface area contributed by atoms with Crippen LogP contribution >= 0.6 is 0 Å². The average molecular weight is 158 g/mol. The molecule has 0 radical (unpaired) electrons. The molecule has 0 fully saturated rings. The number of fused-ring (bicyclic) bond motifs is 1. The molecule has 0 aliphatic rings. The van der Waals surface area contributed by atoms with E-state index in [1.54, 1.807) is 0 Å². The molecule has 0 unspecified atom stereocenters. The third kappa shape index (κ3) is 0.925. The van der Waals surface area contributed by atoms with E-state index in [0.717, 1.165) is 16.5 Å². The van der Waals surface area contributed by atoms with Crippen LogP contribution in [0.15, 0.2) is 24.4 Å². The van der Waals surface area contributed by atoms with Crippen LogP contribution in [0.4, 0.5) is 0 Å². The van der Waals surface area contributed by atoms with E-state index >= 15 is 0 Å². The van der Waals surface area contributed by atoms with E-state index in [-0.39, 0.29) is 0 Å². The molecule has 0 atom stereocenters. The van der Waals surface area contributed by atoms with Crippen LogP contribution in [0.25, 0.3) is 10.9 Å². The second kappa shape index (κ2) is 2.48. The Kier molecular flexibility index (Phi) is 1.47. The number of hydrogen-bond acceptors (Lipinski definition) is 1. The molecule has 0 aliphatic heterocycles. The molecule has 0 bridgehead atoms. The fraction of sp³-hybridized carbons (Fsp3) is 0.100. The zero-order chi connectivity index (χ0) is 8.55. The van der Waals surface area contributed by atoms with Gasteiger partial charge in [0.05, 0.1) is 0 Å². The van der Waals surface area contributed by atoms with Gasteiger partial charge in [0.2, 0.25) is 0 Å². The van der Waals surface area contributed by atoms with Gasteiger partial charge in [-0.3, -0.25) is 0 Å². The molecule has 2 rings (SSSR count). The Hall–Kier alpha value is -1.57. The van der Waals surface area contributed by atoms with Crippen LogP contribution in [0.3, 0.4) is 0 Å². The van der Waals surface area contributed by atoms with Crippen LogP contribution in [0.1, 0.15) is 11.1 Å². The summed E-state index contributed by atoms with van der Waals surface area (Å²) < 4.78 is 0. The number of hydrogen-bond donors (Lipinski definition) is 2. The van der Waals surface area contributed by atoms with Crippen molar-refractivity contribution in [3.05, 3.63) is 35.5 Å². The maximum Gasteiger partial charge on any atom is 0.0463 e. The minimum absolute atomic E-state index is 0.949. The van der Waals surface area contributed by atoms with Gasteiger partial charge in [-0.05, 0) is 18.6 Å². The molecule has 2 heteroatoms. The highest BCUT2D eigenvalue weighted by atomic mass is 14.7. The Bertz CT molecular complexity index is 426. The largest absolute Gasteiger partial charge is 0.361 e. The van der Waals surface area contributed by atoms with Gasteiger partial charge in [0, 0.05) is 28.9 Å². The standard InChI is InChI=1S/C10H10N2/c1-7-2-3-9-8(5-11)6-12-10(9)4-7/h2-6,11-12H,1H3. The lowest BCUT2D eigenvalue weighted by atomic mass is 10.1. The van der Waals surface area contributed by atoms with Crippen LogP contribution < -0.4 is 0 Å². The molecule has 0 saturated carbocycles. The lowest BCUT2D eigenvalue weighted by Gasteiger charge is -1.92. The van der Waals surface area contributed by atoms with Crippen molar-refractivity contribution in [2.24, 2.45) is 0 Å². The first-order valence-electron chi connectivity index (χ1n) is 3.89. The first-order valence-corrected chi connectivity index (χ1v) is 3.89. The number of nitrogens with one attached hydrogen (secondary N) is 2. The summed E-state index contributed by atoms with van der Waals surface area (Å²) in [5.74, 6) is 0. The SMILES string of the molecule is Cc1ccc2c(C=N)c[nH]c2c1. The van der Waals surface area contributed by atoms with Crippen LogP contribution in [0.2, 0.25) is 0 Å². The van der Waals surface area contributed by atoms with Gasteiger partial charge >= 0.3 is 0 Å². The topological polar surface area (TPSA) is 39.6 Å². The van der Waals surface area contributed by atoms with Crippen LogP contribution in [0.5, 0.6) is 0 Å². The number of aromatic amines is 1. The third-order valence-corrected chi connectivity index (χ3v) is 2.02. The van der Waals surface area contributed by atoms with E-state index in [2.05, 4.69) is 24.0 Å². The molecule has 0 aliphatic carbocycles. The van der Waals surface area contributed by atoms with Crippen molar-refractivity contribution in [3.8, 4) is 0 Å². The summed E-state index contributed by atoms with van der Waals surface area (Å²) in [6.45, 7) is 2.06. The van der Waals surface area contributed by atoms with E-state index in [9.17, 15) is 0 Å². The van der Waals surface area contributed by atoms with Crippen LogP contribution in [-0.4, -0.2) is 11.2 Å². The Morgan fingerprint density at radius 1 is 1.42 bits per heavy atom. The van der Waals surface area contributed by atoms with Crippen LogP contribution in [0, 0.1) is 12.3 Å². The molecular weight excluding hydrogens is 148 g/mol. The lowest BCUT2D eigenvalue weighted by molar-refractivity contribution is 1.44. The second-order valence-corrected chi connectivity index (χ2v) is 2.94. The molecule has 2 aromatic rings. The van der Waals surface area contributed by atoms with Gasteiger partial charge in [-0.25, -0.2) is 0 Å². The van der Waals surface area contributed by atoms with E-state index in [1.165, 1.54) is 11.8 Å². The normalized spacial score (nSPS) is 10.4. The van der Waals surface area contributed by atoms with Crippen molar-refractivity contribution in [3.63, 3.8) is 0 Å². The lowest BCUT2D eigenvalue weighted by Crippen LogP contribution is -1.75. The van der Waals surface area contributed by atoms with Crippen molar-refractivity contribution in [1.29, 1.82) is 5.41 Å².